The maximum Gasteiger partial charge on any atom is 0.335 e. The van der Waals surface area contributed by atoms with Crippen LogP contribution in [0.3, 0.4) is 0 Å². The molecular weight excluding hydrogens is 317 g/mol. The fraction of sp³-hybridized carbons (Fsp3) is 0.0769. The summed E-state index contributed by atoms with van der Waals surface area (Å²) in [5.41, 5.74) is 0.521. The lowest BCUT2D eigenvalue weighted by Gasteiger charge is -2.07. The van der Waals surface area contributed by atoms with E-state index in [9.17, 15) is 9.18 Å². The molecule has 98 valence electrons. The van der Waals surface area contributed by atoms with E-state index in [1.54, 1.807) is 13.0 Å². The minimum Gasteiger partial charge on any atom is -0.478 e. The van der Waals surface area contributed by atoms with Crippen LogP contribution in [0, 0.1) is 12.7 Å². The second kappa shape index (κ2) is 5.36. The Morgan fingerprint density at radius 1 is 1.37 bits per heavy atom. The smallest absolute Gasteiger partial charge is 0.335 e. The van der Waals surface area contributed by atoms with Gasteiger partial charge in [-0.3, -0.25) is 0 Å². The molecule has 0 aliphatic carbocycles. The summed E-state index contributed by atoms with van der Waals surface area (Å²) in [5, 5.41) is 8.93. The van der Waals surface area contributed by atoms with Gasteiger partial charge in [-0.2, -0.15) is 0 Å². The Kier molecular flexibility index (Phi) is 3.80. The predicted octanol–water partition coefficient (Wildman–Crippen LogP) is 3.78. The minimum absolute atomic E-state index is 0.0161. The van der Waals surface area contributed by atoms with E-state index in [4.69, 9.17) is 9.84 Å². The molecule has 0 aliphatic rings. The van der Waals surface area contributed by atoms with E-state index in [1.165, 1.54) is 24.3 Å². The Labute approximate surface area is 117 Å². The summed E-state index contributed by atoms with van der Waals surface area (Å²) in [6, 6.07) is 6.96. The number of aryl methyl sites for hydroxylation is 1. The average molecular weight is 326 g/mol. The van der Waals surface area contributed by atoms with E-state index in [-0.39, 0.29) is 17.2 Å². The molecule has 6 heteroatoms. The summed E-state index contributed by atoms with van der Waals surface area (Å²) in [6.07, 6.45) is 0. The van der Waals surface area contributed by atoms with Gasteiger partial charge in [0.05, 0.1) is 5.56 Å². The predicted molar refractivity (Wildman–Crippen MR) is 70.1 cm³/mol. The van der Waals surface area contributed by atoms with Gasteiger partial charge in [0.2, 0.25) is 5.88 Å². The first-order chi connectivity index (χ1) is 8.95. The molecule has 0 atom stereocenters. The van der Waals surface area contributed by atoms with Gasteiger partial charge in [-0.15, -0.1) is 0 Å². The maximum absolute atomic E-state index is 13.6. The van der Waals surface area contributed by atoms with Gasteiger partial charge in [-0.1, -0.05) is 15.9 Å². The van der Waals surface area contributed by atoms with Gasteiger partial charge in [0.15, 0.2) is 11.6 Å². The van der Waals surface area contributed by atoms with Gasteiger partial charge >= 0.3 is 5.97 Å². The standard InChI is InChI=1S/C13H9BrFNO3/c1-7-4-8(13(17)18)5-12(16-7)19-11-3-2-9(14)6-10(11)15/h2-6H,1H3,(H,17,18). The number of halogens is 2. The number of nitrogens with zero attached hydrogens (tertiary/aromatic N) is 1. The molecule has 0 amide bonds. The normalized spacial score (nSPS) is 10.3. The average Bonchev–Trinajstić information content (AvgIpc) is 2.32. The van der Waals surface area contributed by atoms with Crippen molar-refractivity contribution in [3.05, 3.63) is 51.9 Å². The van der Waals surface area contributed by atoms with Gasteiger partial charge in [0.1, 0.15) is 0 Å². The highest BCUT2D eigenvalue weighted by molar-refractivity contribution is 9.10. The number of ether oxygens (including phenoxy) is 1. The number of aromatic nitrogens is 1. The third-order valence-corrected chi connectivity index (χ3v) is 2.78. The third kappa shape index (κ3) is 3.29. The molecule has 2 aromatic rings. The zero-order valence-corrected chi connectivity index (χ0v) is 11.4. The van der Waals surface area contributed by atoms with Gasteiger partial charge in [-0.05, 0) is 31.2 Å². The first-order valence-corrected chi connectivity index (χ1v) is 6.10. The summed E-state index contributed by atoms with van der Waals surface area (Å²) in [7, 11) is 0. The number of carboxylic acids is 1. The molecule has 19 heavy (non-hydrogen) atoms. The summed E-state index contributed by atoms with van der Waals surface area (Å²) >= 11 is 3.14. The Balaban J connectivity index is 2.35. The van der Waals surface area contributed by atoms with Crippen LogP contribution >= 0.6 is 15.9 Å². The zero-order chi connectivity index (χ0) is 14.0. The van der Waals surface area contributed by atoms with Crippen molar-refractivity contribution >= 4 is 21.9 Å². The van der Waals surface area contributed by atoms with Crippen molar-refractivity contribution in [1.29, 1.82) is 0 Å². The maximum atomic E-state index is 13.6. The molecule has 1 aromatic carbocycles. The Morgan fingerprint density at radius 3 is 2.74 bits per heavy atom. The van der Waals surface area contributed by atoms with Crippen LogP contribution < -0.4 is 4.74 Å². The van der Waals surface area contributed by atoms with Crippen molar-refractivity contribution < 1.29 is 19.0 Å². The molecule has 0 spiro atoms. The Hall–Kier alpha value is -1.95. The highest BCUT2D eigenvalue weighted by Crippen LogP contribution is 2.26. The first kappa shape index (κ1) is 13.5. The number of rotatable bonds is 3. The molecule has 0 saturated carbocycles. The molecule has 0 unspecified atom stereocenters. The highest BCUT2D eigenvalue weighted by atomic mass is 79.9. The number of carboxylic acid groups (broad SMARTS) is 1. The van der Waals surface area contributed by atoms with E-state index < -0.39 is 11.8 Å². The van der Waals surface area contributed by atoms with Crippen LogP contribution in [0.25, 0.3) is 0 Å². The van der Waals surface area contributed by atoms with Crippen molar-refractivity contribution in [1.82, 2.24) is 4.98 Å². The van der Waals surface area contributed by atoms with Gasteiger partial charge in [0, 0.05) is 16.2 Å². The molecule has 0 fully saturated rings. The van der Waals surface area contributed by atoms with Crippen LogP contribution in [0.1, 0.15) is 16.1 Å². The second-order valence-corrected chi connectivity index (χ2v) is 4.73. The third-order valence-electron chi connectivity index (χ3n) is 2.29. The molecule has 0 saturated heterocycles. The molecule has 4 nitrogen and oxygen atoms in total. The van der Waals surface area contributed by atoms with Crippen LogP contribution in [0.5, 0.6) is 11.6 Å². The molecule has 1 heterocycles. The van der Waals surface area contributed by atoms with Gasteiger partial charge < -0.3 is 9.84 Å². The summed E-state index contributed by atoms with van der Waals surface area (Å²) < 4.78 is 19.4. The molecule has 0 bridgehead atoms. The summed E-state index contributed by atoms with van der Waals surface area (Å²) in [5.74, 6) is -1.63. The van der Waals surface area contributed by atoms with E-state index in [0.29, 0.717) is 10.2 Å². The monoisotopic (exact) mass is 325 g/mol. The first-order valence-electron chi connectivity index (χ1n) is 5.30. The SMILES string of the molecule is Cc1cc(C(=O)O)cc(Oc2ccc(Br)cc2F)n1. The number of pyridine rings is 1. The van der Waals surface area contributed by atoms with Crippen LogP contribution in [0.2, 0.25) is 0 Å². The molecular formula is C13H9BrFNO3. The lowest BCUT2D eigenvalue weighted by atomic mass is 10.2. The second-order valence-electron chi connectivity index (χ2n) is 3.82. The fourth-order valence-electron chi connectivity index (χ4n) is 1.48. The lowest BCUT2D eigenvalue weighted by molar-refractivity contribution is 0.0696. The highest BCUT2D eigenvalue weighted by Gasteiger charge is 2.10. The van der Waals surface area contributed by atoms with Crippen molar-refractivity contribution in [2.75, 3.05) is 0 Å². The quantitative estimate of drug-likeness (QED) is 0.932. The van der Waals surface area contributed by atoms with Gasteiger partial charge in [0.25, 0.3) is 0 Å². The summed E-state index contributed by atoms with van der Waals surface area (Å²) in [6.45, 7) is 1.64. The van der Waals surface area contributed by atoms with Gasteiger partial charge in [-0.25, -0.2) is 14.2 Å². The number of benzene rings is 1. The fourth-order valence-corrected chi connectivity index (χ4v) is 1.82. The van der Waals surface area contributed by atoms with Crippen molar-refractivity contribution in [2.45, 2.75) is 6.92 Å². The lowest BCUT2D eigenvalue weighted by Crippen LogP contribution is -2.00. The molecule has 2 rings (SSSR count). The number of carbonyl (C=O) groups is 1. The summed E-state index contributed by atoms with van der Waals surface area (Å²) in [4.78, 5) is 14.9. The number of aromatic carboxylic acids is 1. The Morgan fingerprint density at radius 2 is 2.11 bits per heavy atom. The van der Waals surface area contributed by atoms with Crippen molar-refractivity contribution in [2.24, 2.45) is 0 Å². The van der Waals surface area contributed by atoms with Crippen LogP contribution in [-0.4, -0.2) is 16.1 Å². The van der Waals surface area contributed by atoms with E-state index in [1.807, 2.05) is 0 Å². The topological polar surface area (TPSA) is 59.4 Å². The largest absolute Gasteiger partial charge is 0.478 e. The number of hydrogen-bond acceptors (Lipinski definition) is 3. The van der Waals surface area contributed by atoms with Crippen LogP contribution in [-0.2, 0) is 0 Å². The van der Waals surface area contributed by atoms with Crippen molar-refractivity contribution in [3.8, 4) is 11.6 Å². The molecule has 0 aliphatic heterocycles. The van der Waals surface area contributed by atoms with Crippen LogP contribution in [0.15, 0.2) is 34.8 Å². The number of hydrogen-bond donors (Lipinski definition) is 1. The van der Waals surface area contributed by atoms with Crippen LogP contribution in [0.4, 0.5) is 4.39 Å². The molecule has 1 N–H and O–H groups in total. The molecule has 1 aromatic heterocycles. The van der Waals surface area contributed by atoms with E-state index in [0.717, 1.165) is 0 Å². The van der Waals surface area contributed by atoms with E-state index in [2.05, 4.69) is 20.9 Å². The zero-order valence-electron chi connectivity index (χ0n) is 9.85. The Bertz CT molecular complexity index is 646. The van der Waals surface area contributed by atoms with E-state index >= 15 is 0 Å². The molecule has 0 radical (unpaired) electrons. The minimum atomic E-state index is -1.09. The van der Waals surface area contributed by atoms with Crippen molar-refractivity contribution in [3.63, 3.8) is 0 Å².